The molecular formula is C25H20N2O7. The maximum atomic E-state index is 11.0. The zero-order chi connectivity index (χ0) is 23.8. The van der Waals surface area contributed by atoms with Crippen molar-refractivity contribution in [3.63, 3.8) is 0 Å². The molecule has 0 heterocycles. The predicted octanol–water partition coefficient (Wildman–Crippen LogP) is 5.37. The van der Waals surface area contributed by atoms with Crippen molar-refractivity contribution in [2.75, 3.05) is 0 Å². The van der Waals surface area contributed by atoms with E-state index in [-0.39, 0.29) is 17.0 Å². The highest BCUT2D eigenvalue weighted by molar-refractivity contribution is 5.81. The smallest absolute Gasteiger partial charge is 0.269 e. The molecule has 2 unspecified atom stereocenters. The first kappa shape index (κ1) is 21.6. The normalized spacial score (nSPS) is 20.7. The zero-order valence-electron chi connectivity index (χ0n) is 17.9. The minimum atomic E-state index is -0.834. The van der Waals surface area contributed by atoms with Crippen LogP contribution in [0.3, 0.4) is 0 Å². The first-order valence-corrected chi connectivity index (χ1v) is 10.8. The Hall–Kier alpha value is -4.24. The average Bonchev–Trinajstić information content (AvgIpc) is 3.11. The highest BCUT2D eigenvalue weighted by Gasteiger charge is 2.32. The Morgan fingerprint density at radius 3 is 2.41 bits per heavy atom. The number of allylic oxidation sites excluding steroid dienone is 3. The molecule has 2 aromatic carbocycles. The Kier molecular flexibility index (Phi) is 5.46. The third-order valence-electron chi connectivity index (χ3n) is 6.07. The molecule has 9 nitrogen and oxygen atoms in total. The van der Waals surface area contributed by atoms with E-state index in [1.165, 1.54) is 30.3 Å². The molecule has 2 atom stereocenters. The van der Waals surface area contributed by atoms with Gasteiger partial charge in [0.1, 0.15) is 29.1 Å². The van der Waals surface area contributed by atoms with Crippen LogP contribution < -0.4 is 4.74 Å². The Morgan fingerprint density at radius 2 is 1.74 bits per heavy atom. The summed E-state index contributed by atoms with van der Waals surface area (Å²) in [4.78, 5) is 20.9. The van der Waals surface area contributed by atoms with E-state index in [9.17, 15) is 25.3 Å². The van der Waals surface area contributed by atoms with Crippen LogP contribution >= 0.6 is 0 Å². The molecule has 0 saturated carbocycles. The molecule has 0 saturated heterocycles. The number of ether oxygens (including phenoxy) is 2. The number of hydrogen-bond donors (Lipinski definition) is 1. The van der Waals surface area contributed by atoms with E-state index in [4.69, 9.17) is 9.47 Å². The molecule has 9 heteroatoms. The molecule has 3 aliphatic rings. The number of rotatable bonds is 6. The van der Waals surface area contributed by atoms with Gasteiger partial charge in [0.15, 0.2) is 0 Å². The molecule has 0 amide bonds. The Balaban J connectivity index is 1.31. The monoisotopic (exact) mass is 460 g/mol. The minimum absolute atomic E-state index is 0.0181. The third kappa shape index (κ3) is 4.08. The summed E-state index contributed by atoms with van der Waals surface area (Å²) in [6, 6.07) is 10.6. The molecule has 0 aliphatic heterocycles. The van der Waals surface area contributed by atoms with Crippen molar-refractivity contribution in [3.8, 4) is 11.5 Å². The second-order valence-corrected chi connectivity index (χ2v) is 8.21. The topological polar surface area (TPSA) is 125 Å². The molecule has 34 heavy (non-hydrogen) atoms. The lowest BCUT2D eigenvalue weighted by atomic mass is 9.95. The number of nitro groups is 2. The first-order valence-electron chi connectivity index (χ1n) is 10.8. The largest absolute Gasteiger partial charge is 0.462 e. The fourth-order valence-corrected chi connectivity index (χ4v) is 4.36. The van der Waals surface area contributed by atoms with Gasteiger partial charge in [0.05, 0.1) is 4.92 Å². The molecule has 172 valence electrons. The Morgan fingerprint density at radius 1 is 0.971 bits per heavy atom. The predicted molar refractivity (Wildman–Crippen MR) is 123 cm³/mol. The number of benzene rings is 2. The highest BCUT2D eigenvalue weighted by atomic mass is 16.6. The second-order valence-electron chi connectivity index (χ2n) is 8.21. The van der Waals surface area contributed by atoms with Crippen molar-refractivity contribution >= 4 is 11.3 Å². The van der Waals surface area contributed by atoms with Crippen molar-refractivity contribution in [2.24, 2.45) is 0 Å². The van der Waals surface area contributed by atoms with Crippen LogP contribution in [0.25, 0.3) is 5.57 Å². The fourth-order valence-electron chi connectivity index (χ4n) is 4.36. The van der Waals surface area contributed by atoms with Crippen molar-refractivity contribution in [2.45, 2.75) is 31.4 Å². The van der Waals surface area contributed by atoms with Gasteiger partial charge in [0, 0.05) is 29.9 Å². The quantitative estimate of drug-likeness (QED) is 0.454. The van der Waals surface area contributed by atoms with Gasteiger partial charge in [-0.25, -0.2) is 0 Å². The lowest BCUT2D eigenvalue weighted by Gasteiger charge is -2.19. The summed E-state index contributed by atoms with van der Waals surface area (Å²) in [6.45, 7) is 0. The van der Waals surface area contributed by atoms with E-state index >= 15 is 0 Å². The molecule has 0 aromatic heterocycles. The van der Waals surface area contributed by atoms with Crippen molar-refractivity contribution < 1.29 is 24.4 Å². The number of non-ortho nitro benzene ring substituents is 1. The number of nitrogens with zero attached hydrogens (tertiary/aromatic N) is 2. The molecule has 0 spiro atoms. The van der Waals surface area contributed by atoms with Crippen molar-refractivity contribution in [1.29, 1.82) is 0 Å². The Bertz CT molecular complexity index is 1310. The number of nitro benzene ring substituents is 1. The first-order chi connectivity index (χ1) is 16.4. The minimum Gasteiger partial charge on any atom is -0.462 e. The van der Waals surface area contributed by atoms with Gasteiger partial charge in [-0.05, 0) is 77.3 Å². The van der Waals surface area contributed by atoms with Crippen molar-refractivity contribution in [1.82, 2.24) is 0 Å². The van der Waals surface area contributed by atoms with Gasteiger partial charge in [0.25, 0.3) is 5.69 Å². The molecule has 5 rings (SSSR count). The molecule has 0 radical (unpaired) electrons. The molecular weight excluding hydrogens is 440 g/mol. The van der Waals surface area contributed by atoms with Crippen LogP contribution in [0, 0.1) is 20.2 Å². The van der Waals surface area contributed by atoms with E-state index in [1.54, 1.807) is 18.2 Å². The number of hydrogen-bond acceptors (Lipinski definition) is 7. The van der Waals surface area contributed by atoms with Crippen LogP contribution in [-0.2, 0) is 4.74 Å². The van der Waals surface area contributed by atoms with E-state index in [0.29, 0.717) is 35.9 Å². The summed E-state index contributed by atoms with van der Waals surface area (Å²) in [5.74, 6) is 2.24. The maximum absolute atomic E-state index is 11.0. The van der Waals surface area contributed by atoms with Gasteiger partial charge in [-0.1, -0.05) is 6.07 Å². The summed E-state index contributed by atoms with van der Waals surface area (Å²) in [5.41, 5.74) is 3.49. The molecule has 0 fully saturated rings. The SMILES string of the molecule is O=[N+]([O-])c1ccc(Oc2ccc3c(c2)C(O)C2=C3CCC(OC3=CCC([N+](=O)[O-])C=C3)=C2)cc1. The summed E-state index contributed by atoms with van der Waals surface area (Å²) in [6.07, 6.45) is 7.48. The maximum Gasteiger partial charge on any atom is 0.269 e. The molecule has 0 bridgehead atoms. The van der Waals surface area contributed by atoms with E-state index < -0.39 is 17.1 Å². The lowest BCUT2D eigenvalue weighted by Crippen LogP contribution is -2.17. The average molecular weight is 460 g/mol. The summed E-state index contributed by atoms with van der Waals surface area (Å²) in [5, 5.41) is 32.7. The highest BCUT2D eigenvalue weighted by Crippen LogP contribution is 2.48. The standard InChI is InChI=1S/C25H20N2O7/c28-25-23-13-19(33-17-5-1-15(2-6-17)26(29)30)9-11-21(23)22-12-10-20(14-24(22)25)34-18-7-3-16(4-8-18)27(31)32/h1-3,5-9,11,13-14,16,25,28H,4,10,12H2. The number of aliphatic hydroxyl groups excluding tert-OH is 1. The fraction of sp³-hybridized carbons (Fsp3) is 0.200. The van der Waals surface area contributed by atoms with Crippen LogP contribution in [0.15, 0.2) is 83.9 Å². The van der Waals surface area contributed by atoms with Crippen molar-refractivity contribution in [3.05, 3.63) is 115 Å². The van der Waals surface area contributed by atoms with E-state index in [0.717, 1.165) is 22.3 Å². The van der Waals surface area contributed by atoms with Crippen LogP contribution in [0.2, 0.25) is 0 Å². The number of aliphatic hydroxyl groups is 1. The molecule has 1 N–H and O–H groups in total. The third-order valence-corrected chi connectivity index (χ3v) is 6.07. The van der Waals surface area contributed by atoms with Gasteiger partial charge in [-0.15, -0.1) is 0 Å². The number of fused-ring (bicyclic) bond motifs is 2. The van der Waals surface area contributed by atoms with Gasteiger partial charge in [-0.3, -0.25) is 20.2 Å². The van der Waals surface area contributed by atoms with Gasteiger partial charge in [0.2, 0.25) is 6.04 Å². The van der Waals surface area contributed by atoms with Gasteiger partial charge >= 0.3 is 0 Å². The van der Waals surface area contributed by atoms with Crippen LogP contribution in [0.4, 0.5) is 5.69 Å². The summed E-state index contributed by atoms with van der Waals surface area (Å²) >= 11 is 0. The molecule has 2 aromatic rings. The summed E-state index contributed by atoms with van der Waals surface area (Å²) in [7, 11) is 0. The van der Waals surface area contributed by atoms with Crippen LogP contribution in [0.1, 0.15) is 36.5 Å². The second kappa shape index (κ2) is 8.60. The van der Waals surface area contributed by atoms with Crippen LogP contribution in [-0.4, -0.2) is 21.0 Å². The van der Waals surface area contributed by atoms with E-state index in [1.807, 2.05) is 18.2 Å². The summed E-state index contributed by atoms with van der Waals surface area (Å²) < 4.78 is 11.8. The van der Waals surface area contributed by atoms with E-state index in [2.05, 4.69) is 0 Å². The van der Waals surface area contributed by atoms with Crippen LogP contribution in [0.5, 0.6) is 11.5 Å². The lowest BCUT2D eigenvalue weighted by molar-refractivity contribution is -0.508. The zero-order valence-corrected chi connectivity index (χ0v) is 17.9. The molecule has 3 aliphatic carbocycles. The Labute approximate surface area is 194 Å². The van der Waals surface area contributed by atoms with Gasteiger partial charge in [-0.2, -0.15) is 0 Å². The van der Waals surface area contributed by atoms with Gasteiger partial charge < -0.3 is 14.6 Å².